The second kappa shape index (κ2) is 6.27. The highest BCUT2D eigenvalue weighted by Gasteiger charge is 2.22. The van der Waals surface area contributed by atoms with E-state index in [4.69, 9.17) is 14.2 Å². The number of hydrogen-bond donors (Lipinski definition) is 2. The molecule has 0 bridgehead atoms. The van der Waals surface area contributed by atoms with Crippen LogP contribution < -0.4 is 24.8 Å². The van der Waals surface area contributed by atoms with E-state index in [2.05, 4.69) is 15.6 Å². The molecule has 2 N–H and O–H groups in total. The zero-order valence-electron chi connectivity index (χ0n) is 14.4. The third-order valence-corrected chi connectivity index (χ3v) is 4.34. The molecule has 138 valence electrons. The van der Waals surface area contributed by atoms with Crippen LogP contribution in [0.2, 0.25) is 0 Å². The van der Waals surface area contributed by atoms with Gasteiger partial charge >= 0.3 is 0 Å². The van der Waals surface area contributed by atoms with Crippen molar-refractivity contribution >= 4 is 23.2 Å². The predicted octanol–water partition coefficient (Wildman–Crippen LogP) is 3.42. The highest BCUT2D eigenvalue weighted by molar-refractivity contribution is 6.10. The molecule has 28 heavy (non-hydrogen) atoms. The monoisotopic (exact) mass is 375 g/mol. The van der Waals surface area contributed by atoms with Crippen molar-refractivity contribution in [1.82, 2.24) is 4.98 Å². The molecule has 0 atom stereocenters. The van der Waals surface area contributed by atoms with E-state index in [-0.39, 0.29) is 18.6 Å². The summed E-state index contributed by atoms with van der Waals surface area (Å²) < 4.78 is 16.3. The number of amides is 2. The van der Waals surface area contributed by atoms with Crippen LogP contribution in [-0.2, 0) is 0 Å². The summed E-state index contributed by atoms with van der Waals surface area (Å²) >= 11 is 0. The Morgan fingerprint density at radius 3 is 2.82 bits per heavy atom. The van der Waals surface area contributed by atoms with Crippen LogP contribution in [0.4, 0.5) is 11.4 Å². The van der Waals surface area contributed by atoms with Crippen LogP contribution >= 0.6 is 0 Å². The predicted molar refractivity (Wildman–Crippen MR) is 99.2 cm³/mol. The third-order valence-electron chi connectivity index (χ3n) is 4.34. The molecule has 3 heterocycles. The minimum absolute atomic E-state index is 0.136. The summed E-state index contributed by atoms with van der Waals surface area (Å²) in [7, 11) is 0. The number of anilines is 2. The Morgan fingerprint density at radius 1 is 1.04 bits per heavy atom. The van der Waals surface area contributed by atoms with E-state index in [1.165, 1.54) is 0 Å². The molecule has 5 rings (SSSR count). The lowest BCUT2D eigenvalue weighted by atomic mass is 10.1. The standard InChI is InChI=1S/C20H13N3O5/c24-18(11-3-5-16-17(8-11)27-10-26-16)22-12-4-6-15-13(9-12)19(25)23-14-2-1-7-21-20(14)28-15/h1-9H,10H2,(H,22,24)(H,23,25). The van der Waals surface area contributed by atoms with Gasteiger partial charge in [0.15, 0.2) is 11.5 Å². The Morgan fingerprint density at radius 2 is 1.89 bits per heavy atom. The Hall–Kier alpha value is -4.07. The molecule has 1 aromatic heterocycles. The van der Waals surface area contributed by atoms with Gasteiger partial charge in [-0.25, -0.2) is 4.98 Å². The number of aromatic nitrogens is 1. The molecule has 0 saturated carbocycles. The van der Waals surface area contributed by atoms with Crippen molar-refractivity contribution in [2.75, 3.05) is 17.4 Å². The van der Waals surface area contributed by atoms with Crippen LogP contribution in [0, 0.1) is 0 Å². The second-order valence-electron chi connectivity index (χ2n) is 6.15. The van der Waals surface area contributed by atoms with Gasteiger partial charge in [-0.3, -0.25) is 9.59 Å². The lowest BCUT2D eigenvalue weighted by Gasteiger charge is -2.10. The highest BCUT2D eigenvalue weighted by Crippen LogP contribution is 2.35. The Bertz CT molecular complexity index is 1130. The molecule has 2 aromatic carbocycles. The summed E-state index contributed by atoms with van der Waals surface area (Å²) in [6, 6.07) is 13.2. The van der Waals surface area contributed by atoms with Crippen molar-refractivity contribution in [2.24, 2.45) is 0 Å². The van der Waals surface area contributed by atoms with Crippen LogP contribution in [0.5, 0.6) is 23.1 Å². The maximum absolute atomic E-state index is 12.6. The number of ether oxygens (including phenoxy) is 3. The zero-order chi connectivity index (χ0) is 19.1. The van der Waals surface area contributed by atoms with Crippen molar-refractivity contribution < 1.29 is 23.8 Å². The summed E-state index contributed by atoms with van der Waals surface area (Å²) in [5, 5.41) is 5.52. The van der Waals surface area contributed by atoms with Gasteiger partial charge in [0.2, 0.25) is 12.7 Å². The molecule has 8 heteroatoms. The zero-order valence-corrected chi connectivity index (χ0v) is 14.4. The van der Waals surface area contributed by atoms with Gasteiger partial charge in [-0.15, -0.1) is 0 Å². The SMILES string of the molecule is O=C(Nc1ccc2c(c1)C(=O)Nc1cccnc1O2)c1ccc2c(c1)OCO2. The highest BCUT2D eigenvalue weighted by atomic mass is 16.7. The number of rotatable bonds is 2. The molecule has 0 saturated heterocycles. The number of benzene rings is 2. The maximum atomic E-state index is 12.6. The number of hydrogen-bond acceptors (Lipinski definition) is 6. The maximum Gasteiger partial charge on any atom is 0.259 e. The second-order valence-corrected chi connectivity index (χ2v) is 6.15. The van der Waals surface area contributed by atoms with Crippen molar-refractivity contribution in [2.45, 2.75) is 0 Å². The van der Waals surface area contributed by atoms with Crippen LogP contribution in [0.25, 0.3) is 0 Å². The van der Waals surface area contributed by atoms with Gasteiger partial charge in [0.1, 0.15) is 11.4 Å². The Kier molecular flexibility index (Phi) is 3.61. The summed E-state index contributed by atoms with van der Waals surface area (Å²) in [5.74, 6) is 1.11. The largest absolute Gasteiger partial charge is 0.454 e. The lowest BCUT2D eigenvalue weighted by Crippen LogP contribution is -2.14. The molecule has 2 aliphatic rings. The average Bonchev–Trinajstić information content (AvgIpc) is 3.12. The van der Waals surface area contributed by atoms with Crippen LogP contribution in [0.3, 0.4) is 0 Å². The van der Waals surface area contributed by atoms with Gasteiger partial charge in [-0.2, -0.15) is 0 Å². The molecule has 2 aliphatic heterocycles. The first-order chi connectivity index (χ1) is 13.7. The quantitative estimate of drug-likeness (QED) is 0.712. The number of carbonyl (C=O) groups excluding carboxylic acids is 2. The minimum atomic E-state index is -0.346. The fourth-order valence-corrected chi connectivity index (χ4v) is 2.98. The van der Waals surface area contributed by atoms with E-state index < -0.39 is 0 Å². The Balaban J connectivity index is 1.41. The number of fused-ring (bicyclic) bond motifs is 3. The minimum Gasteiger partial charge on any atom is -0.454 e. The molecule has 0 radical (unpaired) electrons. The molecular weight excluding hydrogens is 362 g/mol. The number of carbonyl (C=O) groups is 2. The van der Waals surface area contributed by atoms with Crippen molar-refractivity contribution in [3.8, 4) is 23.1 Å². The van der Waals surface area contributed by atoms with E-state index >= 15 is 0 Å². The Labute approximate surface area is 159 Å². The van der Waals surface area contributed by atoms with Gasteiger partial charge in [0.25, 0.3) is 11.8 Å². The van der Waals surface area contributed by atoms with Crippen LogP contribution in [0.15, 0.2) is 54.7 Å². The van der Waals surface area contributed by atoms with Gasteiger partial charge in [-0.05, 0) is 48.5 Å². The average molecular weight is 375 g/mol. The van der Waals surface area contributed by atoms with E-state index in [0.717, 1.165) is 0 Å². The third kappa shape index (κ3) is 2.77. The van der Waals surface area contributed by atoms with E-state index in [0.29, 0.717) is 45.6 Å². The summed E-state index contributed by atoms with van der Waals surface area (Å²) in [6.45, 7) is 0.136. The van der Waals surface area contributed by atoms with Crippen molar-refractivity contribution in [1.29, 1.82) is 0 Å². The normalized spacial score (nSPS) is 13.5. The fourth-order valence-electron chi connectivity index (χ4n) is 2.98. The van der Waals surface area contributed by atoms with Gasteiger partial charge in [0.05, 0.1) is 5.56 Å². The molecule has 0 aliphatic carbocycles. The molecule has 0 spiro atoms. The fraction of sp³-hybridized carbons (Fsp3) is 0.0500. The van der Waals surface area contributed by atoms with Gasteiger partial charge in [-0.1, -0.05) is 0 Å². The molecule has 8 nitrogen and oxygen atoms in total. The van der Waals surface area contributed by atoms with Crippen LogP contribution in [-0.4, -0.2) is 23.6 Å². The van der Waals surface area contributed by atoms with E-state index in [1.807, 2.05) is 0 Å². The summed E-state index contributed by atoms with van der Waals surface area (Å²) in [4.78, 5) is 29.2. The number of nitrogens with zero attached hydrogens (tertiary/aromatic N) is 1. The van der Waals surface area contributed by atoms with E-state index in [1.54, 1.807) is 54.7 Å². The van der Waals surface area contributed by atoms with Crippen LogP contribution in [0.1, 0.15) is 20.7 Å². The summed E-state index contributed by atoms with van der Waals surface area (Å²) in [5.41, 5.74) is 1.65. The molecule has 0 unspecified atom stereocenters. The van der Waals surface area contributed by atoms with Gasteiger partial charge in [0, 0.05) is 17.4 Å². The first kappa shape index (κ1) is 16.1. The van der Waals surface area contributed by atoms with Crippen molar-refractivity contribution in [3.05, 3.63) is 65.9 Å². The smallest absolute Gasteiger partial charge is 0.259 e. The topological polar surface area (TPSA) is 98.8 Å². The number of nitrogens with one attached hydrogen (secondary N) is 2. The lowest BCUT2D eigenvalue weighted by molar-refractivity contribution is 0.101. The van der Waals surface area contributed by atoms with E-state index in [9.17, 15) is 9.59 Å². The molecule has 2 amide bonds. The van der Waals surface area contributed by atoms with Crippen molar-refractivity contribution in [3.63, 3.8) is 0 Å². The first-order valence-electron chi connectivity index (χ1n) is 8.47. The molecular formula is C20H13N3O5. The number of pyridine rings is 1. The van der Waals surface area contributed by atoms with Gasteiger partial charge < -0.3 is 24.8 Å². The first-order valence-corrected chi connectivity index (χ1v) is 8.47. The molecule has 0 fully saturated rings. The molecule has 3 aromatic rings. The summed E-state index contributed by atoms with van der Waals surface area (Å²) in [6.07, 6.45) is 1.58.